The first-order valence-corrected chi connectivity index (χ1v) is 10.7. The van der Waals surface area contributed by atoms with Crippen LogP contribution >= 0.6 is 22.7 Å². The molecule has 0 radical (unpaired) electrons. The maximum atomic E-state index is 13.1. The molecule has 7 heteroatoms. The minimum absolute atomic E-state index is 0.137. The number of thiazole rings is 2. The topological polar surface area (TPSA) is 54.9 Å². The van der Waals surface area contributed by atoms with Crippen LogP contribution in [0.1, 0.15) is 15.4 Å². The summed E-state index contributed by atoms with van der Waals surface area (Å²) in [7, 11) is 0. The van der Waals surface area contributed by atoms with Crippen molar-refractivity contribution in [2.24, 2.45) is 0 Å². The van der Waals surface area contributed by atoms with E-state index in [2.05, 4.69) is 15.3 Å². The standard InChI is InChI=1S/C22H18FN3OS2/c1-13-3-5-16(6-4-13)21-19(29-14(2)24-21)11-20(27)26-22-25-18(12-28-22)15-7-9-17(23)10-8-15/h3-10,12H,11H2,1-2H3,(H,25,26,27). The van der Waals surface area contributed by atoms with E-state index in [1.54, 1.807) is 12.1 Å². The molecule has 0 atom stereocenters. The van der Waals surface area contributed by atoms with Gasteiger partial charge in [-0.2, -0.15) is 0 Å². The fraction of sp³-hybridized carbons (Fsp3) is 0.136. The summed E-state index contributed by atoms with van der Waals surface area (Å²) in [6.45, 7) is 3.98. The van der Waals surface area contributed by atoms with E-state index in [-0.39, 0.29) is 18.1 Å². The summed E-state index contributed by atoms with van der Waals surface area (Å²) < 4.78 is 13.1. The van der Waals surface area contributed by atoms with Gasteiger partial charge < -0.3 is 5.32 Å². The fourth-order valence-electron chi connectivity index (χ4n) is 2.92. The Morgan fingerprint density at radius 3 is 2.41 bits per heavy atom. The van der Waals surface area contributed by atoms with Gasteiger partial charge in [-0.25, -0.2) is 14.4 Å². The number of anilines is 1. The number of carbonyl (C=O) groups is 1. The lowest BCUT2D eigenvalue weighted by Gasteiger charge is -2.04. The molecule has 1 amide bonds. The van der Waals surface area contributed by atoms with E-state index in [4.69, 9.17) is 0 Å². The molecule has 29 heavy (non-hydrogen) atoms. The Morgan fingerprint density at radius 1 is 1.00 bits per heavy atom. The highest BCUT2D eigenvalue weighted by atomic mass is 32.1. The van der Waals surface area contributed by atoms with Crippen LogP contribution in [0.2, 0.25) is 0 Å². The van der Waals surface area contributed by atoms with E-state index >= 15 is 0 Å². The van der Waals surface area contributed by atoms with Gasteiger partial charge in [0.05, 0.1) is 22.8 Å². The van der Waals surface area contributed by atoms with E-state index in [1.165, 1.54) is 40.4 Å². The molecule has 0 aliphatic carbocycles. The number of aryl methyl sites for hydroxylation is 2. The summed E-state index contributed by atoms with van der Waals surface area (Å²) in [6, 6.07) is 14.3. The normalized spacial score (nSPS) is 10.9. The van der Waals surface area contributed by atoms with Crippen LogP contribution in [-0.2, 0) is 11.2 Å². The van der Waals surface area contributed by atoms with Gasteiger partial charge in [0.25, 0.3) is 0 Å². The summed E-state index contributed by atoms with van der Waals surface area (Å²) in [5.41, 5.74) is 4.56. The largest absolute Gasteiger partial charge is 0.302 e. The predicted octanol–water partition coefficient (Wildman–Crippen LogP) is 5.87. The van der Waals surface area contributed by atoms with Crippen LogP contribution in [-0.4, -0.2) is 15.9 Å². The SMILES string of the molecule is Cc1ccc(-c2nc(C)sc2CC(=O)Nc2nc(-c3ccc(F)cc3)cs2)cc1. The molecule has 0 unspecified atom stereocenters. The molecule has 2 heterocycles. The highest BCUT2D eigenvalue weighted by Gasteiger charge is 2.16. The average molecular weight is 424 g/mol. The lowest BCUT2D eigenvalue weighted by Crippen LogP contribution is -2.14. The molecule has 4 rings (SSSR count). The molecule has 146 valence electrons. The number of aromatic nitrogens is 2. The highest BCUT2D eigenvalue weighted by Crippen LogP contribution is 2.30. The third-order valence-electron chi connectivity index (χ3n) is 4.34. The summed E-state index contributed by atoms with van der Waals surface area (Å²) in [4.78, 5) is 22.6. The van der Waals surface area contributed by atoms with Crippen molar-refractivity contribution in [3.05, 3.63) is 75.2 Å². The number of rotatable bonds is 5. The van der Waals surface area contributed by atoms with Crippen molar-refractivity contribution in [3.63, 3.8) is 0 Å². The number of benzene rings is 2. The van der Waals surface area contributed by atoms with Crippen molar-refractivity contribution in [1.29, 1.82) is 0 Å². The van der Waals surface area contributed by atoms with Crippen molar-refractivity contribution in [2.45, 2.75) is 20.3 Å². The zero-order valence-corrected chi connectivity index (χ0v) is 17.5. The fourth-order valence-corrected chi connectivity index (χ4v) is 4.61. The highest BCUT2D eigenvalue weighted by molar-refractivity contribution is 7.14. The third-order valence-corrected chi connectivity index (χ3v) is 6.07. The second kappa shape index (κ2) is 8.23. The number of halogens is 1. The number of nitrogens with one attached hydrogen (secondary N) is 1. The lowest BCUT2D eigenvalue weighted by molar-refractivity contribution is -0.115. The van der Waals surface area contributed by atoms with Gasteiger partial charge in [0.1, 0.15) is 5.82 Å². The van der Waals surface area contributed by atoms with Crippen molar-refractivity contribution < 1.29 is 9.18 Å². The second-order valence-corrected chi connectivity index (χ2v) is 8.79. The Kier molecular flexibility index (Phi) is 5.51. The summed E-state index contributed by atoms with van der Waals surface area (Å²) in [6.07, 6.45) is 0.236. The van der Waals surface area contributed by atoms with E-state index in [0.29, 0.717) is 10.8 Å². The quantitative estimate of drug-likeness (QED) is 0.437. The molecule has 2 aromatic heterocycles. The molecule has 0 aliphatic heterocycles. The van der Waals surface area contributed by atoms with Gasteiger partial charge in [0.2, 0.25) is 5.91 Å². The molecule has 0 spiro atoms. The van der Waals surface area contributed by atoms with Gasteiger partial charge in [-0.3, -0.25) is 4.79 Å². The van der Waals surface area contributed by atoms with Crippen LogP contribution in [0.3, 0.4) is 0 Å². The Bertz CT molecular complexity index is 1150. The van der Waals surface area contributed by atoms with Crippen LogP contribution < -0.4 is 5.32 Å². The molecule has 0 fully saturated rings. The molecule has 1 N–H and O–H groups in total. The minimum atomic E-state index is -0.290. The van der Waals surface area contributed by atoms with Crippen molar-refractivity contribution >= 4 is 33.7 Å². The Morgan fingerprint density at radius 2 is 1.69 bits per heavy atom. The zero-order chi connectivity index (χ0) is 20.4. The molecule has 2 aromatic carbocycles. The first-order valence-electron chi connectivity index (χ1n) is 9.02. The first-order chi connectivity index (χ1) is 14.0. The van der Waals surface area contributed by atoms with Crippen molar-refractivity contribution in [1.82, 2.24) is 9.97 Å². The monoisotopic (exact) mass is 423 g/mol. The Balaban J connectivity index is 1.48. The van der Waals surface area contributed by atoms with Gasteiger partial charge in [0.15, 0.2) is 5.13 Å². The average Bonchev–Trinajstić information content (AvgIpc) is 3.29. The summed E-state index contributed by atoms with van der Waals surface area (Å²) in [5.74, 6) is -0.427. The third kappa shape index (κ3) is 4.58. The minimum Gasteiger partial charge on any atom is -0.302 e. The molecule has 0 saturated heterocycles. The predicted molar refractivity (Wildman–Crippen MR) is 117 cm³/mol. The van der Waals surface area contributed by atoms with Gasteiger partial charge in [0, 0.05) is 21.4 Å². The number of hydrogen-bond donors (Lipinski definition) is 1. The Labute approximate surface area is 176 Å². The number of hydrogen-bond acceptors (Lipinski definition) is 5. The molecule has 0 bridgehead atoms. The first kappa shape index (κ1) is 19.4. The van der Waals surface area contributed by atoms with Crippen LogP contribution in [0.4, 0.5) is 9.52 Å². The van der Waals surface area contributed by atoms with Crippen LogP contribution in [0, 0.1) is 19.7 Å². The molecular formula is C22H18FN3OS2. The van der Waals surface area contributed by atoms with Gasteiger partial charge in [-0.1, -0.05) is 29.8 Å². The van der Waals surface area contributed by atoms with E-state index < -0.39 is 0 Å². The van der Waals surface area contributed by atoms with Crippen LogP contribution in [0.5, 0.6) is 0 Å². The smallest absolute Gasteiger partial charge is 0.231 e. The molecule has 0 aliphatic rings. The van der Waals surface area contributed by atoms with E-state index in [1.807, 2.05) is 43.5 Å². The van der Waals surface area contributed by atoms with E-state index in [9.17, 15) is 9.18 Å². The lowest BCUT2D eigenvalue weighted by atomic mass is 10.1. The summed E-state index contributed by atoms with van der Waals surface area (Å²) in [5, 5.41) is 6.15. The second-order valence-electron chi connectivity index (χ2n) is 6.64. The number of carbonyl (C=O) groups excluding carboxylic acids is 1. The van der Waals surface area contributed by atoms with Crippen LogP contribution in [0.15, 0.2) is 53.9 Å². The number of amides is 1. The van der Waals surface area contributed by atoms with Gasteiger partial charge in [-0.15, -0.1) is 22.7 Å². The van der Waals surface area contributed by atoms with E-state index in [0.717, 1.165) is 26.7 Å². The summed E-state index contributed by atoms with van der Waals surface area (Å²) >= 11 is 2.88. The molecule has 4 aromatic rings. The maximum absolute atomic E-state index is 13.1. The zero-order valence-electron chi connectivity index (χ0n) is 15.9. The number of nitrogens with zero attached hydrogens (tertiary/aromatic N) is 2. The van der Waals surface area contributed by atoms with Gasteiger partial charge in [-0.05, 0) is 38.1 Å². The van der Waals surface area contributed by atoms with Crippen molar-refractivity contribution in [3.8, 4) is 22.5 Å². The Hall–Kier alpha value is -2.90. The molecule has 4 nitrogen and oxygen atoms in total. The maximum Gasteiger partial charge on any atom is 0.231 e. The molecule has 0 saturated carbocycles. The van der Waals surface area contributed by atoms with Gasteiger partial charge >= 0.3 is 0 Å². The van der Waals surface area contributed by atoms with Crippen molar-refractivity contribution in [2.75, 3.05) is 5.32 Å². The van der Waals surface area contributed by atoms with Crippen LogP contribution in [0.25, 0.3) is 22.5 Å². The molecular weight excluding hydrogens is 405 g/mol.